The van der Waals surface area contributed by atoms with E-state index in [9.17, 15) is 23.2 Å². The van der Waals surface area contributed by atoms with Gasteiger partial charge in [0.2, 0.25) is 0 Å². The molecule has 3 amide bonds. The fourth-order valence-electron chi connectivity index (χ4n) is 3.43. The van der Waals surface area contributed by atoms with E-state index < -0.39 is 35.4 Å². The number of fused-ring (bicyclic) bond motifs is 1. The van der Waals surface area contributed by atoms with Crippen molar-refractivity contribution in [1.82, 2.24) is 20.2 Å². The summed E-state index contributed by atoms with van der Waals surface area (Å²) in [5, 5.41) is 2.50. The highest BCUT2D eigenvalue weighted by atomic mass is 35.5. The zero-order valence-electron chi connectivity index (χ0n) is 16.2. The van der Waals surface area contributed by atoms with Crippen LogP contribution in [-0.2, 0) is 6.42 Å². The number of rotatable bonds is 6. The first-order chi connectivity index (χ1) is 15.2. The van der Waals surface area contributed by atoms with E-state index >= 15 is 0 Å². The van der Waals surface area contributed by atoms with Crippen LogP contribution < -0.4 is 5.32 Å². The number of aromatic nitrogens is 2. The third-order valence-corrected chi connectivity index (χ3v) is 5.56. The highest BCUT2D eigenvalue weighted by Crippen LogP contribution is 2.23. The largest absolute Gasteiger partial charge is 0.345 e. The Morgan fingerprint density at radius 1 is 1.06 bits per heavy atom. The van der Waals surface area contributed by atoms with Crippen LogP contribution in [0.4, 0.5) is 8.78 Å². The highest BCUT2D eigenvalue weighted by molar-refractivity contribution is 6.40. The van der Waals surface area contributed by atoms with Crippen molar-refractivity contribution in [3.63, 3.8) is 0 Å². The van der Waals surface area contributed by atoms with Gasteiger partial charge in [0.15, 0.2) is 22.6 Å². The summed E-state index contributed by atoms with van der Waals surface area (Å²) in [4.78, 5) is 45.4. The zero-order valence-corrected chi connectivity index (χ0v) is 17.7. The number of nitrogens with one attached hydrogen (secondary N) is 2. The van der Waals surface area contributed by atoms with Gasteiger partial charge in [-0.2, -0.15) is 0 Å². The Morgan fingerprint density at radius 3 is 2.28 bits per heavy atom. The number of hydrogen-bond donors (Lipinski definition) is 2. The first-order valence-corrected chi connectivity index (χ1v) is 10.1. The fraction of sp³-hybridized carbons (Fsp3) is 0.143. The van der Waals surface area contributed by atoms with Gasteiger partial charge in [-0.05, 0) is 36.2 Å². The van der Waals surface area contributed by atoms with Crippen LogP contribution in [0.25, 0.3) is 0 Å². The van der Waals surface area contributed by atoms with Gasteiger partial charge in [-0.15, -0.1) is 0 Å². The maximum Gasteiger partial charge on any atom is 0.287 e. The number of halogens is 4. The van der Waals surface area contributed by atoms with E-state index in [4.69, 9.17) is 23.2 Å². The van der Waals surface area contributed by atoms with Gasteiger partial charge in [0.25, 0.3) is 17.7 Å². The number of benzene rings is 2. The lowest BCUT2D eigenvalue weighted by atomic mass is 10.0. The molecule has 11 heteroatoms. The molecule has 0 fully saturated rings. The molecule has 1 atom stereocenters. The van der Waals surface area contributed by atoms with Crippen molar-refractivity contribution in [2.75, 3.05) is 6.54 Å². The molecule has 4 rings (SSSR count). The molecule has 0 saturated heterocycles. The van der Waals surface area contributed by atoms with E-state index in [1.165, 1.54) is 18.2 Å². The van der Waals surface area contributed by atoms with Crippen molar-refractivity contribution in [3.8, 4) is 0 Å². The van der Waals surface area contributed by atoms with Gasteiger partial charge >= 0.3 is 0 Å². The lowest BCUT2D eigenvalue weighted by Gasteiger charge is -2.23. The maximum atomic E-state index is 13.7. The molecular weight excluding hydrogens is 465 g/mol. The van der Waals surface area contributed by atoms with Crippen molar-refractivity contribution in [1.29, 1.82) is 0 Å². The summed E-state index contributed by atoms with van der Waals surface area (Å²) in [6, 6.07) is 8.78. The van der Waals surface area contributed by atoms with Crippen LogP contribution in [0.15, 0.2) is 42.5 Å². The van der Waals surface area contributed by atoms with Crippen molar-refractivity contribution >= 4 is 40.9 Å². The molecule has 1 aliphatic rings. The maximum absolute atomic E-state index is 13.7. The number of carbonyl (C=O) groups is 3. The molecule has 7 nitrogen and oxygen atoms in total. The van der Waals surface area contributed by atoms with E-state index in [0.717, 1.165) is 17.0 Å². The minimum atomic E-state index is -1.06. The van der Waals surface area contributed by atoms with E-state index in [-0.39, 0.29) is 40.2 Å². The van der Waals surface area contributed by atoms with E-state index in [1.807, 2.05) is 0 Å². The average molecular weight is 479 g/mol. The molecule has 32 heavy (non-hydrogen) atoms. The Kier molecular flexibility index (Phi) is 5.94. The molecule has 1 aromatic heterocycles. The van der Waals surface area contributed by atoms with Crippen LogP contribution in [0.1, 0.15) is 36.9 Å². The van der Waals surface area contributed by atoms with Gasteiger partial charge in [-0.25, -0.2) is 13.8 Å². The second-order valence-electron chi connectivity index (χ2n) is 7.08. The standard InChI is InChI=1S/C21H14Cl2F2N4O3/c22-16-17(23)28-18(27-16)19(30)26-11(7-10-5-6-14(24)15(25)8-10)9-29-20(31)12-3-1-2-4-13(12)21(29)32/h1-6,8,11H,7,9H2,(H,26,30)(H,27,28)/t11-/m0/s1. The first kappa shape index (κ1) is 21.9. The minimum Gasteiger partial charge on any atom is -0.345 e. The lowest BCUT2D eigenvalue weighted by Crippen LogP contribution is -2.47. The fourth-order valence-corrected chi connectivity index (χ4v) is 3.69. The monoisotopic (exact) mass is 478 g/mol. The van der Waals surface area contributed by atoms with Crippen molar-refractivity contribution in [2.45, 2.75) is 12.5 Å². The van der Waals surface area contributed by atoms with Crippen molar-refractivity contribution in [2.24, 2.45) is 0 Å². The predicted octanol–water partition coefficient (Wildman–Crippen LogP) is 3.63. The summed E-state index contributed by atoms with van der Waals surface area (Å²) in [7, 11) is 0. The topological polar surface area (TPSA) is 95.2 Å². The molecule has 2 N–H and O–H groups in total. The molecule has 0 radical (unpaired) electrons. The number of imidazole rings is 1. The van der Waals surface area contributed by atoms with Gasteiger partial charge in [0.05, 0.1) is 17.2 Å². The Balaban J connectivity index is 1.59. The molecule has 164 valence electrons. The summed E-state index contributed by atoms with van der Waals surface area (Å²) in [5.41, 5.74) is 0.848. The first-order valence-electron chi connectivity index (χ1n) is 9.35. The number of nitrogens with zero attached hydrogens (tertiary/aromatic N) is 2. The number of amides is 3. The summed E-state index contributed by atoms with van der Waals surface area (Å²) < 4.78 is 27.0. The molecular formula is C21H14Cl2F2N4O3. The van der Waals surface area contributed by atoms with E-state index in [2.05, 4.69) is 15.3 Å². The van der Waals surface area contributed by atoms with Crippen LogP contribution >= 0.6 is 23.2 Å². The van der Waals surface area contributed by atoms with Crippen molar-refractivity contribution < 1.29 is 23.2 Å². The third kappa shape index (κ3) is 4.21. The average Bonchev–Trinajstić information content (AvgIpc) is 3.22. The third-order valence-electron chi connectivity index (χ3n) is 4.92. The molecule has 0 unspecified atom stereocenters. The van der Waals surface area contributed by atoms with Gasteiger partial charge in [0.1, 0.15) is 5.15 Å². The number of carbonyl (C=O) groups excluding carboxylic acids is 3. The Bertz CT molecular complexity index is 1190. The van der Waals surface area contributed by atoms with Crippen LogP contribution in [0.2, 0.25) is 10.3 Å². The predicted molar refractivity (Wildman–Crippen MR) is 112 cm³/mol. The van der Waals surface area contributed by atoms with Crippen LogP contribution in [-0.4, -0.2) is 45.2 Å². The molecule has 2 aromatic carbocycles. The van der Waals surface area contributed by atoms with Gasteiger partial charge < -0.3 is 10.3 Å². The summed E-state index contributed by atoms with van der Waals surface area (Å²) >= 11 is 11.6. The highest BCUT2D eigenvalue weighted by Gasteiger charge is 2.37. The zero-order chi connectivity index (χ0) is 23.0. The number of aromatic amines is 1. The molecule has 0 aliphatic carbocycles. The van der Waals surface area contributed by atoms with Gasteiger partial charge in [-0.1, -0.05) is 41.4 Å². The second kappa shape index (κ2) is 8.68. The van der Waals surface area contributed by atoms with E-state index in [0.29, 0.717) is 5.56 Å². The lowest BCUT2D eigenvalue weighted by molar-refractivity contribution is 0.0628. The summed E-state index contributed by atoms with van der Waals surface area (Å²) in [6.45, 7) is -0.209. The Hall–Kier alpha value is -3.30. The normalized spacial score (nSPS) is 13.9. The quantitative estimate of drug-likeness (QED) is 0.528. The molecule has 1 aliphatic heterocycles. The number of H-pyrrole nitrogens is 1. The van der Waals surface area contributed by atoms with Crippen LogP contribution in [0, 0.1) is 11.6 Å². The molecule has 0 spiro atoms. The van der Waals surface area contributed by atoms with Gasteiger partial charge in [0, 0.05) is 6.54 Å². The smallest absolute Gasteiger partial charge is 0.287 e. The Morgan fingerprint density at radius 2 is 1.72 bits per heavy atom. The number of hydrogen-bond acceptors (Lipinski definition) is 4. The second-order valence-corrected chi connectivity index (χ2v) is 7.82. The summed E-state index contributed by atoms with van der Waals surface area (Å²) in [6.07, 6.45) is -0.00147. The van der Waals surface area contributed by atoms with Crippen LogP contribution in [0.3, 0.4) is 0 Å². The summed E-state index contributed by atoms with van der Waals surface area (Å²) in [5.74, 6) is -3.99. The molecule has 0 saturated carbocycles. The SMILES string of the molecule is O=C(N[C@@H](Cc1ccc(F)c(F)c1)CN1C(=O)c2ccccc2C1=O)c1nc(Cl)c(Cl)[nH]1. The Labute approximate surface area is 190 Å². The minimum absolute atomic E-state index is 0.00147. The molecule has 3 aromatic rings. The van der Waals surface area contributed by atoms with Gasteiger partial charge in [-0.3, -0.25) is 19.3 Å². The molecule has 2 heterocycles. The van der Waals surface area contributed by atoms with Crippen molar-refractivity contribution in [3.05, 3.63) is 86.9 Å². The van der Waals surface area contributed by atoms with Crippen LogP contribution in [0.5, 0.6) is 0 Å². The number of imide groups is 1. The van der Waals surface area contributed by atoms with E-state index in [1.54, 1.807) is 12.1 Å². The molecule has 0 bridgehead atoms.